The Labute approximate surface area is 112 Å². The zero-order valence-corrected chi connectivity index (χ0v) is 11.5. The Hall–Kier alpha value is -1.13. The summed E-state index contributed by atoms with van der Waals surface area (Å²) in [4.78, 5) is 6.83. The molecule has 2 heterocycles. The van der Waals surface area contributed by atoms with Gasteiger partial charge in [-0.2, -0.15) is 0 Å². The molecular weight excluding hydrogens is 242 g/mol. The van der Waals surface area contributed by atoms with Crippen LogP contribution in [0.4, 0.5) is 5.69 Å². The number of hydrogen-bond acceptors (Lipinski definition) is 4. The molecule has 1 saturated heterocycles. The molecule has 1 atom stereocenters. The predicted molar refractivity (Wildman–Crippen MR) is 78.5 cm³/mol. The molecule has 1 aliphatic heterocycles. The molecular formula is C14H19N3S. The summed E-state index contributed by atoms with van der Waals surface area (Å²) in [6, 6.07) is 7.26. The maximum absolute atomic E-state index is 4.34. The fraction of sp³-hybridized carbons (Fsp3) is 0.500. The number of benzene rings is 1. The summed E-state index contributed by atoms with van der Waals surface area (Å²) in [7, 11) is 0. The molecule has 0 bridgehead atoms. The maximum Gasteiger partial charge on any atom is 0.0813 e. The monoisotopic (exact) mass is 261 g/mol. The van der Waals surface area contributed by atoms with Crippen molar-refractivity contribution < 1.29 is 0 Å². The predicted octanol–water partition coefficient (Wildman–Crippen LogP) is 2.87. The average molecular weight is 261 g/mol. The molecule has 1 aliphatic rings. The standard InChI is InChI=1S/C14H19N3S/c1-2-15-11-4-3-7-17(9-11)12-5-6-13-14(8-12)18-10-16-13/h5-6,8,10-11,15H,2-4,7,9H2,1H3. The molecule has 1 N–H and O–H groups in total. The molecule has 1 unspecified atom stereocenters. The van der Waals surface area contributed by atoms with E-state index in [1.807, 2.05) is 5.51 Å². The van der Waals surface area contributed by atoms with Crippen LogP contribution >= 0.6 is 11.3 Å². The van der Waals surface area contributed by atoms with Crippen LogP contribution in [0.25, 0.3) is 10.2 Å². The van der Waals surface area contributed by atoms with Crippen molar-refractivity contribution in [2.45, 2.75) is 25.8 Å². The first-order valence-electron chi connectivity index (χ1n) is 6.68. The van der Waals surface area contributed by atoms with Crippen molar-refractivity contribution in [2.24, 2.45) is 0 Å². The molecule has 96 valence electrons. The molecule has 18 heavy (non-hydrogen) atoms. The Morgan fingerprint density at radius 2 is 2.44 bits per heavy atom. The maximum atomic E-state index is 4.34. The van der Waals surface area contributed by atoms with Gasteiger partial charge in [-0.05, 0) is 37.6 Å². The Morgan fingerprint density at radius 1 is 1.50 bits per heavy atom. The highest BCUT2D eigenvalue weighted by Gasteiger charge is 2.19. The van der Waals surface area contributed by atoms with E-state index >= 15 is 0 Å². The first-order chi connectivity index (χ1) is 8.86. The minimum absolute atomic E-state index is 0.640. The second kappa shape index (κ2) is 5.24. The van der Waals surface area contributed by atoms with E-state index in [0.717, 1.165) is 18.6 Å². The van der Waals surface area contributed by atoms with Crippen LogP contribution in [0.2, 0.25) is 0 Å². The molecule has 1 fully saturated rings. The lowest BCUT2D eigenvalue weighted by Gasteiger charge is -2.34. The van der Waals surface area contributed by atoms with Crippen molar-refractivity contribution in [2.75, 3.05) is 24.5 Å². The number of thiazole rings is 1. The Kier molecular flexibility index (Phi) is 3.48. The summed E-state index contributed by atoms with van der Waals surface area (Å²) in [6.07, 6.45) is 2.57. The number of piperidine rings is 1. The number of hydrogen-bond donors (Lipinski definition) is 1. The highest BCUT2D eigenvalue weighted by atomic mass is 32.1. The molecule has 1 aromatic carbocycles. The summed E-state index contributed by atoms with van der Waals surface area (Å²) in [5.41, 5.74) is 4.38. The van der Waals surface area contributed by atoms with Gasteiger partial charge >= 0.3 is 0 Å². The largest absolute Gasteiger partial charge is 0.370 e. The van der Waals surface area contributed by atoms with Crippen molar-refractivity contribution in [3.05, 3.63) is 23.7 Å². The molecule has 4 heteroatoms. The van der Waals surface area contributed by atoms with E-state index in [1.165, 1.54) is 29.8 Å². The second-order valence-electron chi connectivity index (χ2n) is 4.85. The van der Waals surface area contributed by atoms with Gasteiger partial charge in [0, 0.05) is 24.8 Å². The summed E-state index contributed by atoms with van der Waals surface area (Å²) in [5.74, 6) is 0. The van der Waals surface area contributed by atoms with Crippen molar-refractivity contribution in [3.8, 4) is 0 Å². The summed E-state index contributed by atoms with van der Waals surface area (Å²) in [5, 5.41) is 3.56. The van der Waals surface area contributed by atoms with Crippen LogP contribution < -0.4 is 10.2 Å². The van der Waals surface area contributed by atoms with Crippen LogP contribution in [0.1, 0.15) is 19.8 Å². The van der Waals surface area contributed by atoms with Crippen molar-refractivity contribution in [3.63, 3.8) is 0 Å². The lowest BCUT2D eigenvalue weighted by Crippen LogP contribution is -2.45. The number of nitrogens with zero attached hydrogens (tertiary/aromatic N) is 2. The van der Waals surface area contributed by atoms with E-state index < -0.39 is 0 Å². The second-order valence-corrected chi connectivity index (χ2v) is 5.73. The lowest BCUT2D eigenvalue weighted by molar-refractivity contribution is 0.431. The number of anilines is 1. The van der Waals surface area contributed by atoms with Crippen LogP contribution in [-0.4, -0.2) is 30.7 Å². The van der Waals surface area contributed by atoms with E-state index in [2.05, 4.69) is 40.3 Å². The number of fused-ring (bicyclic) bond motifs is 1. The third kappa shape index (κ3) is 2.35. The zero-order chi connectivity index (χ0) is 12.4. The van der Waals surface area contributed by atoms with E-state index in [0.29, 0.717) is 6.04 Å². The van der Waals surface area contributed by atoms with Crippen LogP contribution in [0, 0.1) is 0 Å². The lowest BCUT2D eigenvalue weighted by atomic mass is 10.0. The Bertz CT molecular complexity index is 520. The normalized spacial score (nSPS) is 20.5. The van der Waals surface area contributed by atoms with E-state index in [9.17, 15) is 0 Å². The number of likely N-dealkylation sites (N-methyl/N-ethyl adjacent to an activating group) is 1. The van der Waals surface area contributed by atoms with Crippen molar-refractivity contribution in [1.29, 1.82) is 0 Å². The van der Waals surface area contributed by atoms with Crippen molar-refractivity contribution in [1.82, 2.24) is 10.3 Å². The SMILES string of the molecule is CCNC1CCCN(c2ccc3ncsc3c2)C1. The minimum atomic E-state index is 0.640. The molecule has 0 radical (unpaired) electrons. The highest BCUT2D eigenvalue weighted by Crippen LogP contribution is 2.26. The minimum Gasteiger partial charge on any atom is -0.370 e. The van der Waals surface area contributed by atoms with Gasteiger partial charge in [0.05, 0.1) is 15.7 Å². The third-order valence-corrected chi connectivity index (χ3v) is 4.39. The smallest absolute Gasteiger partial charge is 0.0813 e. The van der Waals surface area contributed by atoms with E-state index in [1.54, 1.807) is 11.3 Å². The first-order valence-corrected chi connectivity index (χ1v) is 7.56. The van der Waals surface area contributed by atoms with Gasteiger partial charge in [0.15, 0.2) is 0 Å². The molecule has 0 aliphatic carbocycles. The molecule has 0 amide bonds. The van der Waals surface area contributed by atoms with Gasteiger partial charge in [0.2, 0.25) is 0 Å². The van der Waals surface area contributed by atoms with Gasteiger partial charge in [-0.1, -0.05) is 6.92 Å². The number of nitrogens with one attached hydrogen (secondary N) is 1. The van der Waals surface area contributed by atoms with Crippen LogP contribution in [0.15, 0.2) is 23.7 Å². The molecule has 0 spiro atoms. The van der Waals surface area contributed by atoms with E-state index in [-0.39, 0.29) is 0 Å². The topological polar surface area (TPSA) is 28.2 Å². The fourth-order valence-electron chi connectivity index (χ4n) is 2.71. The van der Waals surface area contributed by atoms with Crippen LogP contribution in [0.5, 0.6) is 0 Å². The van der Waals surface area contributed by atoms with Gasteiger partial charge in [0.25, 0.3) is 0 Å². The van der Waals surface area contributed by atoms with Gasteiger partial charge < -0.3 is 10.2 Å². The summed E-state index contributed by atoms with van der Waals surface area (Å²) >= 11 is 1.72. The molecule has 0 saturated carbocycles. The molecule has 1 aromatic heterocycles. The third-order valence-electron chi connectivity index (χ3n) is 3.59. The Morgan fingerprint density at radius 3 is 3.33 bits per heavy atom. The summed E-state index contributed by atoms with van der Waals surface area (Å²) in [6.45, 7) is 5.54. The summed E-state index contributed by atoms with van der Waals surface area (Å²) < 4.78 is 1.29. The van der Waals surface area contributed by atoms with E-state index in [4.69, 9.17) is 0 Å². The average Bonchev–Trinajstić information content (AvgIpc) is 2.86. The zero-order valence-electron chi connectivity index (χ0n) is 10.7. The highest BCUT2D eigenvalue weighted by molar-refractivity contribution is 7.16. The van der Waals surface area contributed by atoms with Crippen LogP contribution in [-0.2, 0) is 0 Å². The molecule has 3 nitrogen and oxygen atoms in total. The molecule has 2 aromatic rings. The number of aromatic nitrogens is 1. The van der Waals surface area contributed by atoms with Gasteiger partial charge in [-0.3, -0.25) is 0 Å². The van der Waals surface area contributed by atoms with Crippen LogP contribution in [0.3, 0.4) is 0 Å². The molecule has 3 rings (SSSR count). The number of rotatable bonds is 3. The fourth-order valence-corrected chi connectivity index (χ4v) is 3.42. The van der Waals surface area contributed by atoms with Gasteiger partial charge in [0.1, 0.15) is 0 Å². The van der Waals surface area contributed by atoms with Gasteiger partial charge in [-0.25, -0.2) is 4.98 Å². The Balaban J connectivity index is 1.80. The first kappa shape index (κ1) is 11.9. The van der Waals surface area contributed by atoms with Crippen molar-refractivity contribution >= 4 is 27.2 Å². The quantitative estimate of drug-likeness (QED) is 0.921. The van der Waals surface area contributed by atoms with Gasteiger partial charge in [-0.15, -0.1) is 11.3 Å².